The highest BCUT2D eigenvalue weighted by Crippen LogP contribution is 2.37. The molecule has 10 heteroatoms. The summed E-state index contributed by atoms with van der Waals surface area (Å²) in [6.45, 7) is 2.57. The number of ether oxygens (including phenoxy) is 1. The second kappa shape index (κ2) is 9.34. The van der Waals surface area contributed by atoms with Crippen LogP contribution in [-0.2, 0) is 4.79 Å². The molecule has 3 N–H and O–H groups in total. The van der Waals surface area contributed by atoms with Crippen molar-refractivity contribution in [1.29, 1.82) is 0 Å². The fourth-order valence-corrected chi connectivity index (χ4v) is 4.74. The molecule has 1 aliphatic carbocycles. The highest BCUT2D eigenvalue weighted by atomic mass is 19.1. The molecule has 8 nitrogen and oxygen atoms in total. The van der Waals surface area contributed by atoms with E-state index in [-0.39, 0.29) is 23.3 Å². The minimum absolute atomic E-state index is 0.130. The van der Waals surface area contributed by atoms with Gasteiger partial charge in [0.1, 0.15) is 11.3 Å². The number of carbonyl (C=O) groups excluding carboxylic acids is 1. The van der Waals surface area contributed by atoms with Gasteiger partial charge in [-0.25, -0.2) is 13.9 Å². The molecule has 1 saturated heterocycles. The minimum Gasteiger partial charge on any atom is -0.456 e. The molecule has 184 valence electrons. The van der Waals surface area contributed by atoms with Crippen LogP contribution < -0.4 is 16.0 Å². The number of fused-ring (bicyclic) bond motifs is 1. The van der Waals surface area contributed by atoms with Crippen molar-refractivity contribution in [2.75, 3.05) is 18.8 Å². The monoisotopic (exact) mass is 491 g/mol. The summed E-state index contributed by atoms with van der Waals surface area (Å²) in [5, 5.41) is 6.93. The number of aromatic amines is 1. The third-order valence-corrected chi connectivity index (χ3v) is 6.47. The van der Waals surface area contributed by atoms with E-state index >= 15 is 0 Å². The maximum absolute atomic E-state index is 14.0. The number of rotatable bonds is 4. The lowest BCUT2D eigenvalue weighted by Crippen LogP contribution is -2.28. The van der Waals surface area contributed by atoms with Crippen molar-refractivity contribution in [2.45, 2.75) is 32.2 Å². The van der Waals surface area contributed by atoms with Crippen molar-refractivity contribution >= 4 is 28.2 Å². The molecular formula is C26H23F2N5O3. The highest BCUT2D eigenvalue weighted by molar-refractivity contribution is 5.99. The molecule has 2 aliphatic rings. The maximum Gasteiger partial charge on any atom is 0.298 e. The quantitative estimate of drug-likeness (QED) is 0.544. The van der Waals surface area contributed by atoms with E-state index in [1.54, 1.807) is 24.0 Å². The number of nitrogens with two attached hydrogens (primary N) is 1. The Morgan fingerprint density at radius 1 is 1.25 bits per heavy atom. The number of hydrogen-bond acceptors (Lipinski definition) is 5. The predicted octanol–water partition coefficient (Wildman–Crippen LogP) is 3.52. The largest absolute Gasteiger partial charge is 0.456 e. The van der Waals surface area contributed by atoms with E-state index in [1.807, 2.05) is 10.8 Å². The van der Waals surface area contributed by atoms with Crippen LogP contribution in [0.5, 0.6) is 5.75 Å². The van der Waals surface area contributed by atoms with Crippen LogP contribution in [0, 0.1) is 23.5 Å². The predicted molar refractivity (Wildman–Crippen MR) is 131 cm³/mol. The number of nitrogens with one attached hydrogen (secondary N) is 1. The number of allylic oxidation sites excluding steroid dienone is 4. The Morgan fingerprint density at radius 2 is 2.03 bits per heavy atom. The van der Waals surface area contributed by atoms with Crippen molar-refractivity contribution in [3.05, 3.63) is 69.9 Å². The molecule has 3 aromatic rings. The average molecular weight is 491 g/mol. The lowest BCUT2D eigenvalue weighted by Gasteiger charge is -2.16. The van der Waals surface area contributed by atoms with E-state index in [0.717, 1.165) is 23.3 Å². The number of nitrogens with zero attached hydrogens (tertiary/aromatic N) is 3. The van der Waals surface area contributed by atoms with Crippen LogP contribution in [0.3, 0.4) is 0 Å². The Bertz CT molecular complexity index is 1540. The molecular weight excluding hydrogens is 468 g/mol. The van der Waals surface area contributed by atoms with E-state index < -0.39 is 17.4 Å². The van der Waals surface area contributed by atoms with Gasteiger partial charge in [0.15, 0.2) is 23.2 Å². The summed E-state index contributed by atoms with van der Waals surface area (Å²) in [5.41, 5.74) is 7.82. The fraction of sp³-hybridized carbons (Fsp3) is 0.269. The van der Waals surface area contributed by atoms with E-state index in [2.05, 4.69) is 22.0 Å². The van der Waals surface area contributed by atoms with Crippen molar-refractivity contribution < 1.29 is 18.3 Å². The smallest absolute Gasteiger partial charge is 0.298 e. The van der Waals surface area contributed by atoms with Gasteiger partial charge in [-0.05, 0) is 49.5 Å². The first-order valence-electron chi connectivity index (χ1n) is 11.5. The van der Waals surface area contributed by atoms with Gasteiger partial charge in [-0.2, -0.15) is 5.10 Å². The molecule has 0 radical (unpaired) electrons. The van der Waals surface area contributed by atoms with Crippen LogP contribution in [0.15, 0.2) is 47.1 Å². The molecule has 0 bridgehead atoms. The van der Waals surface area contributed by atoms with Crippen LogP contribution in [0.4, 0.5) is 14.6 Å². The van der Waals surface area contributed by atoms with E-state index in [9.17, 15) is 18.4 Å². The fourth-order valence-electron chi connectivity index (χ4n) is 4.74. The van der Waals surface area contributed by atoms with Crippen LogP contribution in [-0.4, -0.2) is 38.7 Å². The number of aromatic nitrogens is 3. The van der Waals surface area contributed by atoms with Gasteiger partial charge in [-0.1, -0.05) is 18.1 Å². The summed E-state index contributed by atoms with van der Waals surface area (Å²) in [5.74, 6) is 3.54. The third kappa shape index (κ3) is 4.13. The summed E-state index contributed by atoms with van der Waals surface area (Å²) in [6, 6.07) is 3.42. The Morgan fingerprint density at radius 3 is 2.72 bits per heavy atom. The number of carbonyl (C=O) groups is 1. The van der Waals surface area contributed by atoms with Gasteiger partial charge in [-0.3, -0.25) is 9.59 Å². The van der Waals surface area contributed by atoms with Crippen LogP contribution in [0.2, 0.25) is 0 Å². The number of halogens is 2. The standard InChI is InChI=1S/C26H23F2N5O3/c1-2-4-21(34)32-12-11-16(13-32)33-14-18(22-23(33)26(35)31-30-25(22)29)15-7-9-17(10-8-15)36-24-19(27)5-3-6-20(24)28/h3,5-7,9,14,16H,8,10-13H2,1H3,(H2,29,30)(H,31,35)/t16-/m1/s1. The molecule has 36 heavy (non-hydrogen) atoms. The molecule has 2 aromatic heterocycles. The van der Waals surface area contributed by atoms with E-state index in [0.29, 0.717) is 49.0 Å². The average Bonchev–Trinajstić information content (AvgIpc) is 3.51. The van der Waals surface area contributed by atoms with Gasteiger partial charge in [0, 0.05) is 31.3 Å². The Labute approximate surface area is 205 Å². The maximum atomic E-state index is 14.0. The summed E-state index contributed by atoms with van der Waals surface area (Å²) < 4.78 is 35.3. The van der Waals surface area contributed by atoms with Gasteiger partial charge in [-0.15, -0.1) is 0 Å². The number of likely N-dealkylation sites (tertiary alicyclic amines) is 1. The molecule has 0 unspecified atom stereocenters. The number of para-hydroxylation sites is 1. The zero-order chi connectivity index (χ0) is 25.4. The number of hydrogen-bond donors (Lipinski definition) is 2. The van der Waals surface area contributed by atoms with Crippen molar-refractivity contribution in [2.24, 2.45) is 0 Å². The number of anilines is 1. The Balaban J connectivity index is 1.51. The van der Waals surface area contributed by atoms with Gasteiger partial charge < -0.3 is 19.9 Å². The van der Waals surface area contributed by atoms with Gasteiger partial charge >= 0.3 is 0 Å². The van der Waals surface area contributed by atoms with E-state index in [4.69, 9.17) is 10.5 Å². The number of nitrogen functional groups attached to an aromatic ring is 1. The summed E-state index contributed by atoms with van der Waals surface area (Å²) in [6.07, 6.45) is 6.86. The molecule has 3 heterocycles. The molecule has 0 saturated carbocycles. The Hall–Kier alpha value is -4.39. The third-order valence-electron chi connectivity index (χ3n) is 6.47. The molecule has 1 atom stereocenters. The van der Waals surface area contributed by atoms with Crippen molar-refractivity contribution in [1.82, 2.24) is 19.7 Å². The highest BCUT2D eigenvalue weighted by Gasteiger charge is 2.30. The molecule has 5 rings (SSSR count). The lowest BCUT2D eigenvalue weighted by atomic mass is 9.96. The van der Waals surface area contributed by atoms with Gasteiger partial charge in [0.05, 0.1) is 11.4 Å². The summed E-state index contributed by atoms with van der Waals surface area (Å²) >= 11 is 0. The SMILES string of the molecule is CC#CC(=O)N1CC[C@@H](n2cc(C3=CC=C(Oc4c(F)cccc4F)CC3)c3c(N)n[nH]c(=O)c32)C1. The van der Waals surface area contributed by atoms with Crippen molar-refractivity contribution in [3.63, 3.8) is 0 Å². The summed E-state index contributed by atoms with van der Waals surface area (Å²) in [7, 11) is 0. The topological polar surface area (TPSA) is 106 Å². The van der Waals surface area contributed by atoms with Crippen molar-refractivity contribution in [3.8, 4) is 17.6 Å². The normalized spacial score (nSPS) is 17.4. The molecule has 1 aromatic carbocycles. The zero-order valence-electron chi connectivity index (χ0n) is 19.5. The molecule has 1 amide bonds. The lowest BCUT2D eigenvalue weighted by molar-refractivity contribution is -0.124. The van der Waals surface area contributed by atoms with Gasteiger partial charge in [0.2, 0.25) is 0 Å². The summed E-state index contributed by atoms with van der Waals surface area (Å²) in [4.78, 5) is 26.7. The minimum atomic E-state index is -0.777. The van der Waals surface area contributed by atoms with E-state index in [1.165, 1.54) is 6.07 Å². The zero-order valence-corrected chi connectivity index (χ0v) is 19.5. The van der Waals surface area contributed by atoms with Crippen LogP contribution >= 0.6 is 0 Å². The first-order valence-corrected chi connectivity index (χ1v) is 11.5. The number of benzene rings is 1. The second-order valence-electron chi connectivity index (χ2n) is 8.66. The Kier molecular flexibility index (Phi) is 6.06. The van der Waals surface area contributed by atoms with Gasteiger partial charge in [0.25, 0.3) is 11.5 Å². The molecule has 0 spiro atoms. The van der Waals surface area contributed by atoms with Crippen LogP contribution in [0.1, 0.15) is 37.8 Å². The van der Waals surface area contributed by atoms with Crippen LogP contribution in [0.25, 0.3) is 16.5 Å². The molecule has 1 aliphatic heterocycles. The first kappa shape index (κ1) is 23.4. The number of amides is 1. The first-order chi connectivity index (χ1) is 17.4. The molecule has 1 fully saturated rings. The number of H-pyrrole nitrogens is 1. The second-order valence-corrected chi connectivity index (χ2v) is 8.66.